The van der Waals surface area contributed by atoms with E-state index in [0.29, 0.717) is 16.6 Å². The fourth-order valence-electron chi connectivity index (χ4n) is 2.27. The van der Waals surface area contributed by atoms with Crippen LogP contribution in [0.15, 0.2) is 36.4 Å². The Hall–Kier alpha value is -1.09. The van der Waals surface area contributed by atoms with Gasteiger partial charge in [-0.15, -0.1) is 0 Å². The molecule has 1 aliphatic heterocycles. The van der Waals surface area contributed by atoms with Crippen LogP contribution in [0.25, 0.3) is 0 Å². The Labute approximate surface area is 132 Å². The van der Waals surface area contributed by atoms with Crippen LogP contribution in [0.5, 0.6) is 5.75 Å². The highest BCUT2D eigenvalue weighted by molar-refractivity contribution is 6.43. The molecule has 104 valence electrons. The SMILES string of the molecule is Clc1ccc2c(c1)CC(CNc1cccc(Cl)c1Cl)O2. The molecule has 2 nitrogen and oxygen atoms in total. The second-order valence-electron chi connectivity index (χ2n) is 4.68. The fourth-order valence-corrected chi connectivity index (χ4v) is 2.83. The number of nitrogens with one attached hydrogen (secondary N) is 1. The molecule has 1 aliphatic rings. The molecule has 1 atom stereocenters. The van der Waals surface area contributed by atoms with Crippen LogP contribution in [0.1, 0.15) is 5.56 Å². The predicted molar refractivity (Wildman–Crippen MR) is 84.5 cm³/mol. The molecule has 3 rings (SSSR count). The molecule has 1 unspecified atom stereocenters. The summed E-state index contributed by atoms with van der Waals surface area (Å²) in [6.07, 6.45) is 0.902. The average molecular weight is 329 g/mol. The Balaban J connectivity index is 1.65. The van der Waals surface area contributed by atoms with E-state index in [-0.39, 0.29) is 6.10 Å². The zero-order chi connectivity index (χ0) is 14.1. The lowest BCUT2D eigenvalue weighted by Crippen LogP contribution is -2.24. The monoisotopic (exact) mass is 327 g/mol. The Kier molecular flexibility index (Phi) is 3.97. The number of benzene rings is 2. The quantitative estimate of drug-likeness (QED) is 0.850. The summed E-state index contributed by atoms with van der Waals surface area (Å²) in [6.45, 7) is 0.659. The normalized spacial score (nSPS) is 16.6. The topological polar surface area (TPSA) is 21.3 Å². The van der Waals surface area contributed by atoms with Gasteiger partial charge in [-0.2, -0.15) is 0 Å². The van der Waals surface area contributed by atoms with E-state index in [1.807, 2.05) is 30.3 Å². The van der Waals surface area contributed by atoms with Crippen LogP contribution in [0.2, 0.25) is 15.1 Å². The predicted octanol–water partition coefficient (Wildman–Crippen LogP) is 5.06. The summed E-state index contributed by atoms with van der Waals surface area (Å²) < 4.78 is 5.86. The molecule has 2 aromatic rings. The smallest absolute Gasteiger partial charge is 0.123 e. The van der Waals surface area contributed by atoms with Crippen LogP contribution >= 0.6 is 34.8 Å². The number of fused-ring (bicyclic) bond motifs is 1. The first-order chi connectivity index (χ1) is 9.63. The van der Waals surface area contributed by atoms with Gasteiger partial charge in [-0.3, -0.25) is 0 Å². The number of ether oxygens (including phenoxy) is 1. The van der Waals surface area contributed by atoms with E-state index >= 15 is 0 Å². The summed E-state index contributed by atoms with van der Waals surface area (Å²) >= 11 is 18.1. The van der Waals surface area contributed by atoms with Gasteiger partial charge < -0.3 is 10.1 Å². The van der Waals surface area contributed by atoms with Crippen molar-refractivity contribution in [3.63, 3.8) is 0 Å². The van der Waals surface area contributed by atoms with Crippen LogP contribution < -0.4 is 10.1 Å². The number of hydrogen-bond donors (Lipinski definition) is 1. The lowest BCUT2D eigenvalue weighted by atomic mass is 10.1. The van der Waals surface area contributed by atoms with Crippen molar-refractivity contribution in [2.75, 3.05) is 11.9 Å². The van der Waals surface area contributed by atoms with E-state index in [2.05, 4.69) is 5.32 Å². The van der Waals surface area contributed by atoms with Gasteiger partial charge in [-0.05, 0) is 35.9 Å². The molecule has 2 aromatic carbocycles. The maximum Gasteiger partial charge on any atom is 0.123 e. The van der Waals surface area contributed by atoms with Gasteiger partial charge in [-0.1, -0.05) is 40.9 Å². The van der Waals surface area contributed by atoms with Crippen molar-refractivity contribution in [2.45, 2.75) is 12.5 Å². The van der Waals surface area contributed by atoms with Crippen molar-refractivity contribution in [3.05, 3.63) is 57.0 Å². The molecule has 0 bridgehead atoms. The number of anilines is 1. The van der Waals surface area contributed by atoms with Gasteiger partial charge in [0, 0.05) is 11.4 Å². The molecule has 0 aromatic heterocycles. The first-order valence-corrected chi connectivity index (χ1v) is 7.40. The van der Waals surface area contributed by atoms with E-state index in [9.17, 15) is 0 Å². The third-order valence-corrected chi connectivity index (χ3v) is 4.29. The van der Waals surface area contributed by atoms with Crippen LogP contribution in [-0.2, 0) is 6.42 Å². The Bertz CT molecular complexity index is 645. The molecule has 0 saturated heterocycles. The Morgan fingerprint density at radius 2 is 2.00 bits per heavy atom. The Morgan fingerprint density at radius 3 is 2.85 bits per heavy atom. The average Bonchev–Trinajstić information content (AvgIpc) is 2.82. The molecule has 0 spiro atoms. The van der Waals surface area contributed by atoms with Crippen LogP contribution in [-0.4, -0.2) is 12.6 Å². The zero-order valence-electron chi connectivity index (χ0n) is 10.5. The molecular weight excluding hydrogens is 317 g/mol. The zero-order valence-corrected chi connectivity index (χ0v) is 12.8. The standard InChI is InChI=1S/C15H12Cl3NO/c16-10-4-5-14-9(6-10)7-11(20-14)8-19-13-3-1-2-12(17)15(13)18/h1-6,11,19H,7-8H2. The van der Waals surface area contributed by atoms with Gasteiger partial charge in [0.2, 0.25) is 0 Å². The van der Waals surface area contributed by atoms with Crippen molar-refractivity contribution in [1.82, 2.24) is 0 Å². The van der Waals surface area contributed by atoms with Crippen molar-refractivity contribution in [2.24, 2.45) is 0 Å². The van der Waals surface area contributed by atoms with Crippen LogP contribution in [0.4, 0.5) is 5.69 Å². The molecular formula is C15H12Cl3NO. The Morgan fingerprint density at radius 1 is 1.15 bits per heavy atom. The lowest BCUT2D eigenvalue weighted by molar-refractivity contribution is 0.246. The third-order valence-electron chi connectivity index (χ3n) is 3.24. The summed E-state index contributed by atoms with van der Waals surface area (Å²) in [6, 6.07) is 11.2. The van der Waals surface area contributed by atoms with Gasteiger partial charge in [0.25, 0.3) is 0 Å². The fraction of sp³-hybridized carbons (Fsp3) is 0.200. The summed E-state index contributed by atoms with van der Waals surface area (Å²) in [4.78, 5) is 0. The summed E-state index contributed by atoms with van der Waals surface area (Å²) in [7, 11) is 0. The van der Waals surface area contributed by atoms with Gasteiger partial charge in [0.1, 0.15) is 11.9 Å². The minimum atomic E-state index is 0.0681. The first kappa shape index (κ1) is 13.9. The van der Waals surface area contributed by atoms with Crippen molar-refractivity contribution >= 4 is 40.5 Å². The molecule has 0 radical (unpaired) electrons. The van der Waals surface area contributed by atoms with E-state index in [4.69, 9.17) is 39.5 Å². The lowest BCUT2D eigenvalue weighted by Gasteiger charge is -2.14. The maximum absolute atomic E-state index is 6.14. The highest BCUT2D eigenvalue weighted by atomic mass is 35.5. The van der Waals surface area contributed by atoms with E-state index in [1.165, 1.54) is 0 Å². The van der Waals surface area contributed by atoms with Crippen LogP contribution in [0, 0.1) is 0 Å². The largest absolute Gasteiger partial charge is 0.488 e. The minimum Gasteiger partial charge on any atom is -0.488 e. The van der Waals surface area contributed by atoms with Crippen molar-refractivity contribution in [3.8, 4) is 5.75 Å². The first-order valence-electron chi connectivity index (χ1n) is 6.26. The van der Waals surface area contributed by atoms with E-state index in [1.54, 1.807) is 6.07 Å². The van der Waals surface area contributed by atoms with E-state index < -0.39 is 0 Å². The number of rotatable bonds is 3. The second kappa shape index (κ2) is 5.72. The second-order valence-corrected chi connectivity index (χ2v) is 5.90. The summed E-state index contributed by atoms with van der Waals surface area (Å²) in [5, 5.41) is 5.08. The highest BCUT2D eigenvalue weighted by Crippen LogP contribution is 2.32. The van der Waals surface area contributed by atoms with E-state index in [0.717, 1.165) is 28.4 Å². The molecule has 1 N–H and O–H groups in total. The van der Waals surface area contributed by atoms with Crippen molar-refractivity contribution < 1.29 is 4.74 Å². The van der Waals surface area contributed by atoms with Gasteiger partial charge >= 0.3 is 0 Å². The summed E-state index contributed by atoms with van der Waals surface area (Å²) in [5.41, 5.74) is 1.96. The third kappa shape index (κ3) is 2.83. The number of hydrogen-bond acceptors (Lipinski definition) is 2. The highest BCUT2D eigenvalue weighted by Gasteiger charge is 2.23. The molecule has 20 heavy (non-hydrogen) atoms. The molecule has 0 saturated carbocycles. The minimum absolute atomic E-state index is 0.0681. The van der Waals surface area contributed by atoms with Gasteiger partial charge in [-0.25, -0.2) is 0 Å². The molecule has 0 fully saturated rings. The van der Waals surface area contributed by atoms with Gasteiger partial charge in [0.15, 0.2) is 0 Å². The molecule has 0 aliphatic carbocycles. The molecule has 5 heteroatoms. The van der Waals surface area contributed by atoms with Gasteiger partial charge in [0.05, 0.1) is 22.3 Å². The van der Waals surface area contributed by atoms with Crippen molar-refractivity contribution in [1.29, 1.82) is 0 Å². The van der Waals surface area contributed by atoms with Crippen LogP contribution in [0.3, 0.4) is 0 Å². The molecule has 1 heterocycles. The summed E-state index contributed by atoms with van der Waals surface area (Å²) in [5.74, 6) is 0.901. The molecule has 0 amide bonds. The maximum atomic E-state index is 6.14. The number of halogens is 3.